The Morgan fingerprint density at radius 1 is 1.19 bits per heavy atom. The quantitative estimate of drug-likeness (QED) is 0.659. The Morgan fingerprint density at radius 3 is 2.61 bits per heavy atom. The third kappa shape index (κ3) is 4.38. The molecular weight excluding hydrogens is 477 g/mol. The SMILES string of the molecule is CC1CN2CCCC2CN1C(=O)N1Cc2c(NC(=O)c3ccc(OC(F)(F)F)cc3)n[nH]c2C1(C)C. The molecule has 194 valence electrons. The highest BCUT2D eigenvalue weighted by molar-refractivity contribution is 6.04. The van der Waals surface area contributed by atoms with Crippen LogP contribution in [-0.2, 0) is 12.1 Å². The van der Waals surface area contributed by atoms with E-state index >= 15 is 0 Å². The molecule has 9 nitrogen and oxygen atoms in total. The summed E-state index contributed by atoms with van der Waals surface area (Å²) in [6.45, 7) is 8.90. The fourth-order valence-corrected chi connectivity index (χ4v) is 5.52. The third-order valence-corrected chi connectivity index (χ3v) is 7.47. The highest BCUT2D eigenvalue weighted by Crippen LogP contribution is 2.42. The molecule has 1 aromatic carbocycles. The van der Waals surface area contributed by atoms with Crippen LogP contribution in [0.2, 0.25) is 0 Å². The number of ether oxygens (including phenoxy) is 1. The first-order chi connectivity index (χ1) is 16.9. The summed E-state index contributed by atoms with van der Waals surface area (Å²) in [5.41, 5.74) is 0.943. The number of amides is 3. The molecule has 2 unspecified atom stereocenters. The predicted octanol–water partition coefficient (Wildman–Crippen LogP) is 3.90. The zero-order chi connectivity index (χ0) is 25.8. The summed E-state index contributed by atoms with van der Waals surface area (Å²) < 4.78 is 41.0. The maximum absolute atomic E-state index is 13.7. The van der Waals surface area contributed by atoms with Crippen LogP contribution in [0.1, 0.15) is 55.2 Å². The van der Waals surface area contributed by atoms with Crippen LogP contribution in [0, 0.1) is 0 Å². The van der Waals surface area contributed by atoms with Gasteiger partial charge in [0.15, 0.2) is 5.82 Å². The first-order valence-electron chi connectivity index (χ1n) is 12.0. The van der Waals surface area contributed by atoms with Crippen LogP contribution in [0.25, 0.3) is 0 Å². The largest absolute Gasteiger partial charge is 0.573 e. The number of carbonyl (C=O) groups excluding carboxylic acids is 2. The number of hydrogen-bond donors (Lipinski definition) is 2. The molecule has 0 bridgehead atoms. The van der Waals surface area contributed by atoms with E-state index in [9.17, 15) is 22.8 Å². The first kappa shape index (κ1) is 24.4. The topological polar surface area (TPSA) is 93.8 Å². The van der Waals surface area contributed by atoms with Crippen molar-refractivity contribution < 1.29 is 27.5 Å². The maximum atomic E-state index is 13.7. The smallest absolute Gasteiger partial charge is 0.406 e. The van der Waals surface area contributed by atoms with Gasteiger partial charge in [0.25, 0.3) is 5.91 Å². The molecule has 0 saturated carbocycles. The van der Waals surface area contributed by atoms with E-state index in [0.717, 1.165) is 43.8 Å². The number of alkyl halides is 3. The Kier molecular flexibility index (Phi) is 5.89. The summed E-state index contributed by atoms with van der Waals surface area (Å²) in [5, 5.41) is 9.93. The average molecular weight is 507 g/mol. The van der Waals surface area contributed by atoms with Gasteiger partial charge >= 0.3 is 12.4 Å². The van der Waals surface area contributed by atoms with Crippen molar-refractivity contribution >= 4 is 17.8 Å². The Balaban J connectivity index is 1.30. The summed E-state index contributed by atoms with van der Waals surface area (Å²) in [7, 11) is 0. The second kappa shape index (κ2) is 8.68. The molecule has 12 heteroatoms. The molecule has 2 atom stereocenters. The summed E-state index contributed by atoms with van der Waals surface area (Å²) in [6.07, 6.45) is -2.55. The van der Waals surface area contributed by atoms with Crippen LogP contribution in [0.15, 0.2) is 24.3 Å². The molecule has 3 aliphatic rings. The number of aromatic amines is 1. The summed E-state index contributed by atoms with van der Waals surface area (Å²) >= 11 is 0. The van der Waals surface area contributed by atoms with Crippen molar-refractivity contribution in [2.24, 2.45) is 0 Å². The summed E-state index contributed by atoms with van der Waals surface area (Å²) in [6, 6.07) is 5.10. The van der Waals surface area contributed by atoms with Crippen molar-refractivity contribution in [3.8, 4) is 5.75 Å². The van der Waals surface area contributed by atoms with E-state index in [1.165, 1.54) is 12.1 Å². The fourth-order valence-electron chi connectivity index (χ4n) is 5.52. The van der Waals surface area contributed by atoms with Gasteiger partial charge in [0.05, 0.1) is 17.8 Å². The maximum Gasteiger partial charge on any atom is 0.573 e. The van der Waals surface area contributed by atoms with E-state index in [4.69, 9.17) is 0 Å². The van der Waals surface area contributed by atoms with Gasteiger partial charge < -0.3 is 19.9 Å². The molecule has 2 saturated heterocycles. The molecule has 2 fully saturated rings. The van der Waals surface area contributed by atoms with Crippen molar-refractivity contribution in [1.29, 1.82) is 0 Å². The van der Waals surface area contributed by atoms with Crippen LogP contribution in [0.5, 0.6) is 5.75 Å². The summed E-state index contributed by atoms with van der Waals surface area (Å²) in [5.74, 6) is -0.651. The molecule has 2 N–H and O–H groups in total. The zero-order valence-electron chi connectivity index (χ0n) is 20.4. The lowest BCUT2D eigenvalue weighted by atomic mass is 10.0. The highest BCUT2D eigenvalue weighted by Gasteiger charge is 2.47. The third-order valence-electron chi connectivity index (χ3n) is 7.47. The van der Waals surface area contributed by atoms with Crippen molar-refractivity contribution in [2.45, 2.75) is 64.1 Å². The second-order valence-corrected chi connectivity index (χ2v) is 10.2. The predicted molar refractivity (Wildman–Crippen MR) is 124 cm³/mol. The zero-order valence-corrected chi connectivity index (χ0v) is 20.4. The molecule has 3 amide bonds. The number of piperazine rings is 1. The monoisotopic (exact) mass is 506 g/mol. The molecule has 5 rings (SSSR count). The van der Waals surface area contributed by atoms with Crippen LogP contribution in [0.4, 0.5) is 23.8 Å². The van der Waals surface area contributed by atoms with Crippen LogP contribution in [-0.4, -0.2) is 74.9 Å². The van der Waals surface area contributed by atoms with E-state index in [2.05, 4.69) is 32.1 Å². The molecule has 3 aliphatic heterocycles. The fraction of sp³-hybridized carbons (Fsp3) is 0.542. The Bertz CT molecular complexity index is 1160. The number of aromatic nitrogens is 2. The molecule has 2 aromatic rings. The van der Waals surface area contributed by atoms with Gasteiger partial charge in [-0.25, -0.2) is 4.79 Å². The van der Waals surface area contributed by atoms with Crippen LogP contribution < -0.4 is 10.1 Å². The Morgan fingerprint density at radius 2 is 1.92 bits per heavy atom. The number of fused-ring (bicyclic) bond motifs is 2. The molecule has 0 radical (unpaired) electrons. The van der Waals surface area contributed by atoms with Crippen molar-refractivity contribution in [2.75, 3.05) is 25.0 Å². The lowest BCUT2D eigenvalue weighted by Crippen LogP contribution is -2.60. The molecule has 36 heavy (non-hydrogen) atoms. The van der Waals surface area contributed by atoms with Crippen LogP contribution >= 0.6 is 0 Å². The van der Waals surface area contributed by atoms with Crippen molar-refractivity contribution in [1.82, 2.24) is 24.9 Å². The van der Waals surface area contributed by atoms with E-state index in [1.807, 2.05) is 18.7 Å². The Hall–Kier alpha value is -3.28. The van der Waals surface area contributed by atoms with Gasteiger partial charge in [0, 0.05) is 36.3 Å². The number of nitrogens with zero attached hydrogens (tertiary/aromatic N) is 4. The normalized spacial score (nSPS) is 23.4. The van der Waals surface area contributed by atoms with E-state index < -0.39 is 23.6 Å². The van der Waals surface area contributed by atoms with Gasteiger partial charge in [0.2, 0.25) is 0 Å². The number of rotatable bonds is 3. The minimum atomic E-state index is -4.81. The number of urea groups is 1. The van der Waals surface area contributed by atoms with Gasteiger partial charge in [-0.1, -0.05) is 0 Å². The minimum Gasteiger partial charge on any atom is -0.406 e. The number of hydrogen-bond acceptors (Lipinski definition) is 5. The van der Waals surface area contributed by atoms with Gasteiger partial charge in [0.1, 0.15) is 5.75 Å². The van der Waals surface area contributed by atoms with E-state index in [-0.39, 0.29) is 24.2 Å². The number of halogens is 3. The standard InChI is InChI=1S/C24H29F3N6O3/c1-14-11-31-10-4-5-16(31)12-32(14)22(35)33-13-18-19(23(33,2)3)29-30-20(18)28-21(34)15-6-8-17(9-7-15)36-24(25,26)27/h6-9,14,16H,4-5,10-13H2,1-3H3,(H2,28,29,30,34). The number of carbonyl (C=O) groups is 2. The summed E-state index contributed by atoms with van der Waals surface area (Å²) in [4.78, 5) is 32.7. The number of nitrogens with one attached hydrogen (secondary N) is 2. The molecule has 4 heterocycles. The highest BCUT2D eigenvalue weighted by atomic mass is 19.4. The molecule has 0 spiro atoms. The average Bonchev–Trinajstić information content (AvgIpc) is 3.48. The number of H-pyrrole nitrogens is 1. The second-order valence-electron chi connectivity index (χ2n) is 10.2. The van der Waals surface area contributed by atoms with Gasteiger partial charge in [-0.2, -0.15) is 5.10 Å². The molecular formula is C24H29F3N6O3. The minimum absolute atomic E-state index is 0.0406. The van der Waals surface area contributed by atoms with Crippen molar-refractivity contribution in [3.05, 3.63) is 41.1 Å². The molecule has 0 aliphatic carbocycles. The Labute approximate surface area is 206 Å². The van der Waals surface area contributed by atoms with Crippen LogP contribution in [0.3, 0.4) is 0 Å². The van der Waals surface area contributed by atoms with E-state index in [1.54, 1.807) is 4.90 Å². The lowest BCUT2D eigenvalue weighted by molar-refractivity contribution is -0.274. The van der Waals surface area contributed by atoms with Gasteiger partial charge in [-0.15, -0.1) is 13.2 Å². The first-order valence-corrected chi connectivity index (χ1v) is 12.0. The lowest BCUT2D eigenvalue weighted by Gasteiger charge is -2.45. The van der Waals surface area contributed by atoms with Crippen molar-refractivity contribution in [3.63, 3.8) is 0 Å². The van der Waals surface area contributed by atoms with Gasteiger partial charge in [-0.3, -0.25) is 14.8 Å². The number of anilines is 1. The number of benzene rings is 1. The molecule has 1 aromatic heterocycles. The van der Waals surface area contributed by atoms with Gasteiger partial charge in [-0.05, 0) is 64.4 Å². The van der Waals surface area contributed by atoms with E-state index in [0.29, 0.717) is 24.0 Å².